The van der Waals surface area contributed by atoms with Crippen LogP contribution in [0.15, 0.2) is 47.4 Å². The maximum Gasteiger partial charge on any atom is 0.255 e. The molecule has 0 aromatic heterocycles. The first-order chi connectivity index (χ1) is 10.1. The third kappa shape index (κ3) is 3.38. The van der Waals surface area contributed by atoms with E-state index in [-0.39, 0.29) is 11.8 Å². The Hall–Kier alpha value is -1.54. The molecule has 1 aliphatic heterocycles. The minimum absolute atomic E-state index is 0.0198. The Balaban J connectivity index is 1.79. The van der Waals surface area contributed by atoms with Gasteiger partial charge in [0.1, 0.15) is 0 Å². The topological polar surface area (TPSA) is 58.2 Å². The normalized spacial score (nSPS) is 13.3. The third-order valence-electron chi connectivity index (χ3n) is 2.98. The predicted octanol–water partition coefficient (Wildman–Crippen LogP) is 3.59. The Morgan fingerprint density at radius 1 is 1.19 bits per heavy atom. The number of halogens is 1. The summed E-state index contributed by atoms with van der Waals surface area (Å²) < 4.78 is 1.08. The molecule has 0 saturated carbocycles. The van der Waals surface area contributed by atoms with E-state index in [2.05, 4.69) is 33.2 Å². The van der Waals surface area contributed by atoms with E-state index >= 15 is 0 Å². The van der Waals surface area contributed by atoms with Crippen molar-refractivity contribution in [3.8, 4) is 0 Å². The van der Waals surface area contributed by atoms with Crippen molar-refractivity contribution in [1.29, 1.82) is 0 Å². The van der Waals surface area contributed by atoms with Gasteiger partial charge in [0.15, 0.2) is 0 Å². The molecule has 106 valence electrons. The fourth-order valence-electron chi connectivity index (χ4n) is 1.97. The molecule has 0 spiro atoms. The van der Waals surface area contributed by atoms with Crippen molar-refractivity contribution in [2.75, 3.05) is 16.4 Å². The number of carbonyl (C=O) groups excluding carboxylic acids is 2. The molecule has 1 aliphatic rings. The molecule has 0 atom stereocenters. The summed E-state index contributed by atoms with van der Waals surface area (Å²) in [7, 11) is 0. The monoisotopic (exact) mass is 410 g/mol. The molecule has 2 amide bonds. The fraction of sp³-hybridized carbons (Fsp3) is 0.0667. The number of rotatable bonds is 2. The van der Waals surface area contributed by atoms with Gasteiger partial charge in [-0.05, 0) is 65.1 Å². The molecule has 0 fully saturated rings. The van der Waals surface area contributed by atoms with Crippen molar-refractivity contribution in [1.82, 2.24) is 0 Å². The molecule has 0 unspecified atom stereocenters. The van der Waals surface area contributed by atoms with Crippen molar-refractivity contribution >= 4 is 57.5 Å². The van der Waals surface area contributed by atoms with Crippen molar-refractivity contribution in [2.24, 2.45) is 0 Å². The number of anilines is 2. The zero-order valence-corrected chi connectivity index (χ0v) is 13.8. The van der Waals surface area contributed by atoms with Crippen molar-refractivity contribution < 1.29 is 9.59 Å². The van der Waals surface area contributed by atoms with Gasteiger partial charge >= 0.3 is 0 Å². The van der Waals surface area contributed by atoms with Crippen LogP contribution in [0.1, 0.15) is 10.4 Å². The Kier molecular flexibility index (Phi) is 4.16. The maximum absolute atomic E-state index is 12.2. The maximum atomic E-state index is 12.2. The lowest BCUT2D eigenvalue weighted by molar-refractivity contribution is -0.113. The number of fused-ring (bicyclic) bond motifs is 1. The molecule has 0 radical (unpaired) electrons. The van der Waals surface area contributed by atoms with Gasteiger partial charge in [-0.1, -0.05) is 0 Å². The van der Waals surface area contributed by atoms with E-state index in [4.69, 9.17) is 0 Å². The largest absolute Gasteiger partial charge is 0.324 e. The summed E-state index contributed by atoms with van der Waals surface area (Å²) >= 11 is 3.69. The predicted molar refractivity (Wildman–Crippen MR) is 92.9 cm³/mol. The molecule has 0 saturated heterocycles. The van der Waals surface area contributed by atoms with Crippen LogP contribution >= 0.6 is 34.4 Å². The minimum atomic E-state index is -0.166. The van der Waals surface area contributed by atoms with Crippen molar-refractivity contribution in [3.63, 3.8) is 0 Å². The Morgan fingerprint density at radius 2 is 1.95 bits per heavy atom. The van der Waals surface area contributed by atoms with Crippen LogP contribution < -0.4 is 10.6 Å². The van der Waals surface area contributed by atoms with E-state index in [9.17, 15) is 9.59 Å². The van der Waals surface area contributed by atoms with Crippen molar-refractivity contribution in [2.45, 2.75) is 4.90 Å². The molecular formula is C15H11IN2O2S. The molecule has 2 aromatic carbocycles. The highest BCUT2D eigenvalue weighted by Gasteiger charge is 2.16. The van der Waals surface area contributed by atoms with Crippen molar-refractivity contribution in [3.05, 3.63) is 51.6 Å². The third-order valence-corrected chi connectivity index (χ3v) is 4.77. The smallest absolute Gasteiger partial charge is 0.255 e. The van der Waals surface area contributed by atoms with Gasteiger partial charge in [0.05, 0.1) is 11.4 Å². The molecule has 6 heteroatoms. The number of carbonyl (C=O) groups is 2. The molecule has 0 aliphatic carbocycles. The summed E-state index contributed by atoms with van der Waals surface area (Å²) in [5.41, 5.74) is 2.02. The molecule has 2 N–H and O–H groups in total. The molecule has 3 rings (SSSR count). The number of thioether (sulfide) groups is 1. The number of hydrogen-bond acceptors (Lipinski definition) is 3. The zero-order valence-electron chi connectivity index (χ0n) is 10.9. The second-order valence-electron chi connectivity index (χ2n) is 4.51. The quantitative estimate of drug-likeness (QED) is 0.745. The fourth-order valence-corrected chi connectivity index (χ4v) is 3.11. The van der Waals surface area contributed by atoms with Gasteiger partial charge in [0, 0.05) is 19.7 Å². The van der Waals surface area contributed by atoms with Gasteiger partial charge in [0.2, 0.25) is 5.91 Å². The number of nitrogens with one attached hydrogen (secondary N) is 2. The van der Waals surface area contributed by atoms with Gasteiger partial charge in [-0.25, -0.2) is 0 Å². The van der Waals surface area contributed by atoms with Crippen LogP contribution in [0, 0.1) is 3.57 Å². The van der Waals surface area contributed by atoms with E-state index in [0.29, 0.717) is 17.0 Å². The average Bonchev–Trinajstić information content (AvgIpc) is 2.47. The van der Waals surface area contributed by atoms with Crippen LogP contribution in [0.4, 0.5) is 11.4 Å². The first-order valence-corrected chi connectivity index (χ1v) is 8.32. The number of benzene rings is 2. The van der Waals surface area contributed by atoms with Gasteiger partial charge in [0.25, 0.3) is 5.91 Å². The van der Waals surface area contributed by atoms with Gasteiger partial charge in [-0.2, -0.15) is 0 Å². The highest BCUT2D eigenvalue weighted by Crippen LogP contribution is 2.33. The van der Waals surface area contributed by atoms with E-state index in [1.807, 2.05) is 24.3 Å². The van der Waals surface area contributed by atoms with E-state index < -0.39 is 0 Å². The summed E-state index contributed by atoms with van der Waals surface area (Å²) in [5.74, 6) is 0.246. The Morgan fingerprint density at radius 3 is 2.71 bits per heavy atom. The SMILES string of the molecule is O=C1CSc2ccc(NC(=O)c3ccc(I)cc3)cc2N1. The van der Waals surface area contributed by atoms with Crippen LogP contribution in [0.25, 0.3) is 0 Å². The molecular weight excluding hydrogens is 399 g/mol. The second-order valence-corrected chi connectivity index (χ2v) is 6.77. The molecule has 0 bridgehead atoms. The average molecular weight is 410 g/mol. The van der Waals surface area contributed by atoms with Gasteiger partial charge < -0.3 is 10.6 Å². The summed E-state index contributed by atoms with van der Waals surface area (Å²) in [6.07, 6.45) is 0. The Labute approximate surface area is 139 Å². The van der Waals surface area contributed by atoms with Gasteiger partial charge in [-0.15, -0.1) is 11.8 Å². The first kappa shape index (κ1) is 14.4. The number of amides is 2. The van der Waals surface area contributed by atoms with Gasteiger partial charge in [-0.3, -0.25) is 9.59 Å². The molecule has 4 nitrogen and oxygen atoms in total. The van der Waals surface area contributed by atoms with E-state index in [1.165, 1.54) is 11.8 Å². The van der Waals surface area contributed by atoms with Crippen LogP contribution in [-0.4, -0.2) is 17.6 Å². The number of hydrogen-bond donors (Lipinski definition) is 2. The first-order valence-electron chi connectivity index (χ1n) is 6.25. The lowest BCUT2D eigenvalue weighted by Crippen LogP contribution is -2.19. The molecule has 21 heavy (non-hydrogen) atoms. The summed E-state index contributed by atoms with van der Waals surface area (Å²) in [6.45, 7) is 0. The Bertz CT molecular complexity index is 716. The lowest BCUT2D eigenvalue weighted by atomic mass is 10.2. The van der Waals surface area contributed by atoms with Crippen LogP contribution in [0.3, 0.4) is 0 Å². The summed E-state index contributed by atoms with van der Waals surface area (Å²) in [5, 5.41) is 5.65. The van der Waals surface area contributed by atoms with E-state index in [0.717, 1.165) is 14.2 Å². The van der Waals surface area contributed by atoms with Crippen LogP contribution in [-0.2, 0) is 4.79 Å². The molecule has 1 heterocycles. The minimum Gasteiger partial charge on any atom is -0.324 e. The zero-order chi connectivity index (χ0) is 14.8. The summed E-state index contributed by atoms with van der Waals surface area (Å²) in [4.78, 5) is 24.6. The highest BCUT2D eigenvalue weighted by molar-refractivity contribution is 14.1. The highest BCUT2D eigenvalue weighted by atomic mass is 127. The van der Waals surface area contributed by atoms with Crippen LogP contribution in [0.2, 0.25) is 0 Å². The second kappa shape index (κ2) is 6.07. The lowest BCUT2D eigenvalue weighted by Gasteiger charge is -2.17. The summed E-state index contributed by atoms with van der Waals surface area (Å²) in [6, 6.07) is 12.9. The molecule has 2 aromatic rings. The standard InChI is InChI=1S/C15H11IN2O2S/c16-10-3-1-9(2-4-10)15(20)17-11-5-6-13-12(7-11)18-14(19)8-21-13/h1-7H,8H2,(H,17,20)(H,18,19). The van der Waals surface area contributed by atoms with E-state index in [1.54, 1.807) is 18.2 Å². The van der Waals surface area contributed by atoms with Crippen LogP contribution in [0.5, 0.6) is 0 Å².